The molecule has 28 heavy (non-hydrogen) atoms. The topological polar surface area (TPSA) is 30.5 Å². The summed E-state index contributed by atoms with van der Waals surface area (Å²) in [4.78, 5) is 0. The molecule has 0 spiro atoms. The molecule has 1 aliphatic rings. The SMILES string of the molecule is Clc1ccc(CNCC[C@H](Cc2ccccc2)c2ccc3c(c2)OCO3)cc1. The van der Waals surface area contributed by atoms with Crippen LogP contribution in [0.25, 0.3) is 0 Å². The molecule has 144 valence electrons. The molecule has 3 aromatic carbocycles. The average molecular weight is 394 g/mol. The number of halogens is 1. The van der Waals surface area contributed by atoms with Gasteiger partial charge in [0.2, 0.25) is 6.79 Å². The zero-order valence-corrected chi connectivity index (χ0v) is 16.5. The van der Waals surface area contributed by atoms with Crippen molar-refractivity contribution >= 4 is 11.6 Å². The first-order valence-corrected chi connectivity index (χ1v) is 10.0. The van der Waals surface area contributed by atoms with Crippen LogP contribution in [-0.2, 0) is 13.0 Å². The molecule has 0 amide bonds. The van der Waals surface area contributed by atoms with Gasteiger partial charge < -0.3 is 14.8 Å². The summed E-state index contributed by atoms with van der Waals surface area (Å²) in [6.07, 6.45) is 2.05. The number of rotatable bonds is 8. The van der Waals surface area contributed by atoms with Gasteiger partial charge in [0.15, 0.2) is 11.5 Å². The highest BCUT2D eigenvalue weighted by molar-refractivity contribution is 6.30. The molecule has 0 bridgehead atoms. The number of hydrogen-bond donors (Lipinski definition) is 1. The van der Waals surface area contributed by atoms with E-state index in [1.807, 2.05) is 18.2 Å². The largest absolute Gasteiger partial charge is 0.454 e. The van der Waals surface area contributed by atoms with E-state index in [0.717, 1.165) is 42.5 Å². The molecule has 4 heteroatoms. The minimum absolute atomic E-state index is 0.310. The number of hydrogen-bond acceptors (Lipinski definition) is 3. The van der Waals surface area contributed by atoms with Crippen molar-refractivity contribution in [2.45, 2.75) is 25.3 Å². The van der Waals surface area contributed by atoms with Gasteiger partial charge in [0, 0.05) is 11.6 Å². The molecule has 3 nitrogen and oxygen atoms in total. The molecular weight excluding hydrogens is 370 g/mol. The minimum atomic E-state index is 0.310. The van der Waals surface area contributed by atoms with E-state index in [9.17, 15) is 0 Å². The van der Waals surface area contributed by atoms with Gasteiger partial charge in [-0.2, -0.15) is 0 Å². The molecule has 0 aromatic heterocycles. The second-order valence-electron chi connectivity index (χ2n) is 7.09. The molecular formula is C24H24ClNO2. The molecule has 1 atom stereocenters. The van der Waals surface area contributed by atoms with Crippen molar-refractivity contribution in [3.05, 3.63) is 94.5 Å². The maximum atomic E-state index is 5.96. The van der Waals surface area contributed by atoms with Crippen molar-refractivity contribution < 1.29 is 9.47 Å². The third-order valence-electron chi connectivity index (χ3n) is 5.10. The third kappa shape index (κ3) is 4.86. The lowest BCUT2D eigenvalue weighted by molar-refractivity contribution is 0.174. The summed E-state index contributed by atoms with van der Waals surface area (Å²) in [6.45, 7) is 2.09. The van der Waals surface area contributed by atoms with Gasteiger partial charge in [-0.1, -0.05) is 60.1 Å². The Bertz CT molecular complexity index is 896. The van der Waals surface area contributed by atoms with E-state index < -0.39 is 0 Å². The van der Waals surface area contributed by atoms with Crippen LogP contribution < -0.4 is 14.8 Å². The molecule has 0 unspecified atom stereocenters. The van der Waals surface area contributed by atoms with Crippen LogP contribution in [0.15, 0.2) is 72.8 Å². The summed E-state index contributed by atoms with van der Waals surface area (Å²) < 4.78 is 11.0. The van der Waals surface area contributed by atoms with Crippen LogP contribution in [0, 0.1) is 0 Å². The Hall–Kier alpha value is -2.49. The van der Waals surface area contributed by atoms with Gasteiger partial charge in [0.05, 0.1) is 0 Å². The molecule has 3 aromatic rings. The fourth-order valence-corrected chi connectivity index (χ4v) is 3.69. The summed E-state index contributed by atoms with van der Waals surface area (Å²) in [7, 11) is 0. The van der Waals surface area contributed by atoms with Crippen molar-refractivity contribution in [2.24, 2.45) is 0 Å². The molecule has 0 aliphatic carbocycles. The quantitative estimate of drug-likeness (QED) is 0.507. The standard InChI is InChI=1S/C24H24ClNO2/c25-22-9-6-19(7-10-22)16-26-13-12-21(14-18-4-2-1-3-5-18)20-8-11-23-24(15-20)28-17-27-23/h1-11,15,21,26H,12-14,16-17H2/t21-/m1/s1. The molecule has 0 fully saturated rings. The highest BCUT2D eigenvalue weighted by atomic mass is 35.5. The van der Waals surface area contributed by atoms with Gasteiger partial charge >= 0.3 is 0 Å². The number of fused-ring (bicyclic) bond motifs is 1. The van der Waals surface area contributed by atoms with Crippen LogP contribution in [0.1, 0.15) is 29.0 Å². The second-order valence-corrected chi connectivity index (χ2v) is 7.53. The first-order valence-electron chi connectivity index (χ1n) is 9.66. The first-order chi connectivity index (χ1) is 13.8. The van der Waals surface area contributed by atoms with Crippen LogP contribution in [-0.4, -0.2) is 13.3 Å². The predicted octanol–water partition coefficient (Wildman–Crippen LogP) is 5.57. The molecule has 1 heterocycles. The van der Waals surface area contributed by atoms with Crippen LogP contribution in [0.2, 0.25) is 5.02 Å². The zero-order chi connectivity index (χ0) is 19.2. The zero-order valence-electron chi connectivity index (χ0n) is 15.7. The first kappa shape index (κ1) is 18.9. The van der Waals surface area contributed by atoms with Gasteiger partial charge in [0.25, 0.3) is 0 Å². The normalized spacial score (nSPS) is 13.5. The number of benzene rings is 3. The highest BCUT2D eigenvalue weighted by Gasteiger charge is 2.18. The number of nitrogens with one attached hydrogen (secondary N) is 1. The molecule has 4 rings (SSSR count). The van der Waals surface area contributed by atoms with Crippen LogP contribution in [0.3, 0.4) is 0 Å². The summed E-state index contributed by atoms with van der Waals surface area (Å²) in [6, 6.07) is 25.0. The monoisotopic (exact) mass is 393 g/mol. The van der Waals surface area contributed by atoms with E-state index in [-0.39, 0.29) is 0 Å². The summed E-state index contributed by atoms with van der Waals surface area (Å²) in [5, 5.41) is 4.33. The Labute approximate surface area is 171 Å². The highest BCUT2D eigenvalue weighted by Crippen LogP contribution is 2.36. The van der Waals surface area contributed by atoms with Gasteiger partial charge in [0.1, 0.15) is 0 Å². The summed E-state index contributed by atoms with van der Waals surface area (Å²) in [5.74, 6) is 2.10. The molecule has 0 radical (unpaired) electrons. The van der Waals surface area contributed by atoms with Gasteiger partial charge in [-0.3, -0.25) is 0 Å². The van der Waals surface area contributed by atoms with Crippen molar-refractivity contribution in [1.29, 1.82) is 0 Å². The van der Waals surface area contributed by atoms with E-state index >= 15 is 0 Å². The van der Waals surface area contributed by atoms with E-state index in [0.29, 0.717) is 12.7 Å². The van der Waals surface area contributed by atoms with E-state index in [4.69, 9.17) is 21.1 Å². The van der Waals surface area contributed by atoms with Crippen LogP contribution >= 0.6 is 11.6 Å². The lowest BCUT2D eigenvalue weighted by Crippen LogP contribution is -2.18. The van der Waals surface area contributed by atoms with Crippen molar-refractivity contribution in [3.8, 4) is 11.5 Å². The lowest BCUT2D eigenvalue weighted by atomic mass is 9.89. The molecule has 0 saturated carbocycles. The fraction of sp³-hybridized carbons (Fsp3) is 0.250. The summed E-state index contributed by atoms with van der Waals surface area (Å²) >= 11 is 5.96. The Balaban J connectivity index is 1.41. The van der Waals surface area contributed by atoms with E-state index in [1.165, 1.54) is 16.7 Å². The van der Waals surface area contributed by atoms with Gasteiger partial charge in [-0.15, -0.1) is 0 Å². The van der Waals surface area contributed by atoms with Gasteiger partial charge in [-0.05, 0) is 66.3 Å². The lowest BCUT2D eigenvalue weighted by Gasteiger charge is -2.19. The molecule has 1 N–H and O–H groups in total. The Morgan fingerprint density at radius 3 is 2.46 bits per heavy atom. The van der Waals surface area contributed by atoms with Crippen LogP contribution in [0.4, 0.5) is 0 Å². The second kappa shape index (κ2) is 9.13. The van der Waals surface area contributed by atoms with Gasteiger partial charge in [-0.25, -0.2) is 0 Å². The van der Waals surface area contributed by atoms with E-state index in [2.05, 4.69) is 59.9 Å². The maximum absolute atomic E-state index is 5.96. The third-order valence-corrected chi connectivity index (χ3v) is 5.36. The minimum Gasteiger partial charge on any atom is -0.454 e. The Morgan fingerprint density at radius 1 is 0.857 bits per heavy atom. The van der Waals surface area contributed by atoms with Crippen molar-refractivity contribution in [1.82, 2.24) is 5.32 Å². The fourth-order valence-electron chi connectivity index (χ4n) is 3.56. The Morgan fingerprint density at radius 2 is 1.64 bits per heavy atom. The van der Waals surface area contributed by atoms with Crippen molar-refractivity contribution in [3.63, 3.8) is 0 Å². The Kier molecular flexibility index (Phi) is 6.15. The maximum Gasteiger partial charge on any atom is 0.231 e. The summed E-state index contributed by atoms with van der Waals surface area (Å²) in [5.41, 5.74) is 3.89. The molecule has 1 aliphatic heterocycles. The predicted molar refractivity (Wildman–Crippen MR) is 113 cm³/mol. The van der Waals surface area contributed by atoms with Crippen LogP contribution in [0.5, 0.6) is 11.5 Å². The van der Waals surface area contributed by atoms with E-state index in [1.54, 1.807) is 0 Å². The van der Waals surface area contributed by atoms with Crippen molar-refractivity contribution in [2.75, 3.05) is 13.3 Å². The smallest absolute Gasteiger partial charge is 0.231 e. The average Bonchev–Trinajstić information content (AvgIpc) is 3.20. The number of ether oxygens (including phenoxy) is 2. The molecule has 0 saturated heterocycles.